The van der Waals surface area contributed by atoms with Crippen molar-refractivity contribution in [2.75, 3.05) is 5.32 Å². The minimum Gasteiger partial charge on any atom is -0.306 e. The topological polar surface area (TPSA) is 64.7 Å². The number of carbonyl (C=O) groups is 1. The molecule has 1 N–H and O–H groups in total. The van der Waals surface area contributed by atoms with Gasteiger partial charge >= 0.3 is 0 Å². The molecule has 0 aliphatic rings. The first-order chi connectivity index (χ1) is 13.3. The third-order valence-corrected chi connectivity index (χ3v) is 5.04. The third kappa shape index (κ3) is 4.45. The number of amides is 1. The molecule has 2 aromatic heterocycles. The fraction of sp³-hybridized carbons (Fsp3) is 0.235. The maximum absolute atomic E-state index is 12.9. The first-order valence-corrected chi connectivity index (χ1v) is 9.16. The van der Waals surface area contributed by atoms with Crippen molar-refractivity contribution in [3.63, 3.8) is 0 Å². The van der Waals surface area contributed by atoms with Gasteiger partial charge in [0, 0.05) is 11.2 Å². The smallest absolute Gasteiger partial charge is 0.283 e. The van der Waals surface area contributed by atoms with Gasteiger partial charge in [-0.05, 0) is 18.6 Å². The van der Waals surface area contributed by atoms with Crippen LogP contribution in [0.1, 0.15) is 23.4 Å². The standard InChI is InChI=1S/C17H14Cl3F2N5O/c1-9-14(20)15(16(21)22)24-27(9)8-13(28)23-17-12(19)7-26(25-17)6-10-4-2-3-5-11(10)18/h2-5,7,16H,6,8H2,1H3,(H,23,25,28). The van der Waals surface area contributed by atoms with Crippen molar-refractivity contribution in [3.05, 3.63) is 62.5 Å². The van der Waals surface area contributed by atoms with Crippen molar-refractivity contribution < 1.29 is 13.6 Å². The lowest BCUT2D eigenvalue weighted by molar-refractivity contribution is -0.117. The summed E-state index contributed by atoms with van der Waals surface area (Å²) in [5.41, 5.74) is 0.541. The van der Waals surface area contributed by atoms with Gasteiger partial charge in [-0.2, -0.15) is 10.2 Å². The lowest BCUT2D eigenvalue weighted by Crippen LogP contribution is -2.21. The Morgan fingerprint density at radius 2 is 1.89 bits per heavy atom. The molecule has 0 atom stereocenters. The Morgan fingerprint density at radius 3 is 2.54 bits per heavy atom. The molecule has 28 heavy (non-hydrogen) atoms. The van der Waals surface area contributed by atoms with E-state index < -0.39 is 18.0 Å². The van der Waals surface area contributed by atoms with Crippen LogP contribution in [0.2, 0.25) is 15.1 Å². The molecule has 11 heteroatoms. The van der Waals surface area contributed by atoms with Crippen LogP contribution < -0.4 is 5.32 Å². The van der Waals surface area contributed by atoms with E-state index >= 15 is 0 Å². The van der Waals surface area contributed by atoms with Crippen molar-refractivity contribution in [2.24, 2.45) is 0 Å². The molecule has 1 amide bonds. The SMILES string of the molecule is Cc1c(Cl)c(C(F)F)nn1CC(=O)Nc1nn(Cc2ccccc2Cl)cc1Cl. The van der Waals surface area contributed by atoms with E-state index in [4.69, 9.17) is 34.8 Å². The van der Waals surface area contributed by atoms with Crippen LogP contribution in [0.5, 0.6) is 0 Å². The zero-order valence-corrected chi connectivity index (χ0v) is 16.7. The van der Waals surface area contributed by atoms with E-state index in [1.54, 1.807) is 12.3 Å². The van der Waals surface area contributed by atoms with Gasteiger partial charge in [-0.3, -0.25) is 14.2 Å². The van der Waals surface area contributed by atoms with Crippen LogP contribution in [0.3, 0.4) is 0 Å². The van der Waals surface area contributed by atoms with Crippen molar-refractivity contribution in [1.82, 2.24) is 19.6 Å². The van der Waals surface area contributed by atoms with E-state index in [-0.39, 0.29) is 28.1 Å². The van der Waals surface area contributed by atoms with Gasteiger partial charge < -0.3 is 5.32 Å². The molecule has 6 nitrogen and oxygen atoms in total. The van der Waals surface area contributed by atoms with Crippen LogP contribution in [0.4, 0.5) is 14.6 Å². The summed E-state index contributed by atoms with van der Waals surface area (Å²) in [5, 5.41) is 11.1. The number of rotatable bonds is 6. The first-order valence-electron chi connectivity index (χ1n) is 8.03. The number of hydrogen-bond acceptors (Lipinski definition) is 3. The molecule has 0 aliphatic carbocycles. The number of anilines is 1. The Labute approximate surface area is 174 Å². The molecule has 0 spiro atoms. The van der Waals surface area contributed by atoms with Crippen molar-refractivity contribution >= 4 is 46.5 Å². The van der Waals surface area contributed by atoms with Crippen molar-refractivity contribution in [3.8, 4) is 0 Å². The normalized spacial score (nSPS) is 11.2. The van der Waals surface area contributed by atoms with Crippen LogP contribution in [0.15, 0.2) is 30.5 Å². The van der Waals surface area contributed by atoms with E-state index in [2.05, 4.69) is 15.5 Å². The number of alkyl halides is 2. The van der Waals surface area contributed by atoms with E-state index in [0.29, 0.717) is 11.6 Å². The Bertz CT molecular complexity index is 1020. The Kier molecular flexibility index (Phi) is 6.22. The molecule has 0 fully saturated rings. The third-order valence-electron chi connectivity index (χ3n) is 3.92. The van der Waals surface area contributed by atoms with Crippen LogP contribution in [-0.2, 0) is 17.9 Å². The molecule has 0 saturated heterocycles. The average Bonchev–Trinajstić information content (AvgIpc) is 3.11. The fourth-order valence-corrected chi connectivity index (χ4v) is 3.12. The predicted octanol–water partition coefficient (Wildman–Crippen LogP) is 4.97. The molecule has 3 aromatic rings. The number of halogens is 5. The van der Waals surface area contributed by atoms with E-state index in [9.17, 15) is 13.6 Å². The number of carbonyl (C=O) groups excluding carboxylic acids is 1. The molecule has 3 rings (SSSR count). The highest BCUT2D eigenvalue weighted by Crippen LogP contribution is 2.28. The van der Waals surface area contributed by atoms with Gasteiger partial charge in [-0.1, -0.05) is 53.0 Å². The molecule has 1 aromatic carbocycles. The van der Waals surface area contributed by atoms with Gasteiger partial charge in [0.25, 0.3) is 6.43 Å². The molecule has 148 valence electrons. The van der Waals surface area contributed by atoms with Crippen LogP contribution in [-0.4, -0.2) is 25.5 Å². The van der Waals surface area contributed by atoms with Crippen molar-refractivity contribution in [2.45, 2.75) is 26.4 Å². The second kappa shape index (κ2) is 8.46. The Balaban J connectivity index is 1.71. The zero-order valence-electron chi connectivity index (χ0n) is 14.5. The quantitative estimate of drug-likeness (QED) is 0.579. The van der Waals surface area contributed by atoms with E-state index in [1.807, 2.05) is 18.2 Å². The highest BCUT2D eigenvalue weighted by molar-refractivity contribution is 6.33. The molecule has 0 radical (unpaired) electrons. The van der Waals surface area contributed by atoms with Crippen molar-refractivity contribution in [1.29, 1.82) is 0 Å². The summed E-state index contributed by atoms with van der Waals surface area (Å²) in [4.78, 5) is 12.3. The molecule has 0 unspecified atom stereocenters. The minimum absolute atomic E-state index is 0.142. The summed E-state index contributed by atoms with van der Waals surface area (Å²) in [6, 6.07) is 7.27. The lowest BCUT2D eigenvalue weighted by atomic mass is 10.2. The van der Waals surface area contributed by atoms with E-state index in [1.165, 1.54) is 11.6 Å². The van der Waals surface area contributed by atoms with Gasteiger partial charge in [-0.25, -0.2) is 8.78 Å². The van der Waals surface area contributed by atoms with Gasteiger partial charge in [0.15, 0.2) is 5.82 Å². The second-order valence-corrected chi connectivity index (χ2v) is 7.10. The maximum atomic E-state index is 12.9. The van der Waals surface area contributed by atoms with Crippen LogP contribution in [0, 0.1) is 6.92 Å². The zero-order chi connectivity index (χ0) is 20.4. The van der Waals surface area contributed by atoms with E-state index in [0.717, 1.165) is 10.2 Å². The first kappa shape index (κ1) is 20.6. The summed E-state index contributed by atoms with van der Waals surface area (Å²) in [5.74, 6) is -0.392. The molecule has 0 aliphatic heterocycles. The molecule has 2 heterocycles. The molecular formula is C17H14Cl3F2N5O. The number of hydrogen-bond donors (Lipinski definition) is 1. The number of nitrogens with zero attached hydrogens (tertiary/aromatic N) is 4. The molecular weight excluding hydrogens is 435 g/mol. The number of aromatic nitrogens is 4. The summed E-state index contributed by atoms with van der Waals surface area (Å²) >= 11 is 18.1. The van der Waals surface area contributed by atoms with Gasteiger partial charge in [0.05, 0.1) is 17.3 Å². The fourth-order valence-electron chi connectivity index (χ4n) is 2.51. The summed E-state index contributed by atoms with van der Waals surface area (Å²) < 4.78 is 28.4. The maximum Gasteiger partial charge on any atom is 0.283 e. The number of nitrogens with one attached hydrogen (secondary N) is 1. The second-order valence-electron chi connectivity index (χ2n) is 5.91. The monoisotopic (exact) mass is 447 g/mol. The summed E-state index contributed by atoms with van der Waals surface area (Å²) in [6.07, 6.45) is -1.28. The van der Waals surface area contributed by atoms with Gasteiger partial charge in [-0.15, -0.1) is 0 Å². The average molecular weight is 449 g/mol. The lowest BCUT2D eigenvalue weighted by Gasteiger charge is -2.06. The predicted molar refractivity (Wildman–Crippen MR) is 103 cm³/mol. The molecule has 0 bridgehead atoms. The van der Waals surface area contributed by atoms with Gasteiger partial charge in [0.2, 0.25) is 5.91 Å². The highest BCUT2D eigenvalue weighted by Gasteiger charge is 2.22. The van der Waals surface area contributed by atoms with Crippen LogP contribution >= 0.6 is 34.8 Å². The Morgan fingerprint density at radius 1 is 1.18 bits per heavy atom. The van der Waals surface area contributed by atoms with Crippen LogP contribution in [0.25, 0.3) is 0 Å². The number of benzene rings is 1. The summed E-state index contributed by atoms with van der Waals surface area (Å²) in [6.45, 7) is 1.55. The largest absolute Gasteiger partial charge is 0.306 e. The Hall–Kier alpha value is -2.16. The highest BCUT2D eigenvalue weighted by atomic mass is 35.5. The van der Waals surface area contributed by atoms with Gasteiger partial charge in [0.1, 0.15) is 17.3 Å². The summed E-state index contributed by atoms with van der Waals surface area (Å²) in [7, 11) is 0. The minimum atomic E-state index is -2.83. The molecule has 0 saturated carbocycles.